The van der Waals surface area contributed by atoms with Gasteiger partial charge in [-0.15, -0.1) is 0 Å². The fraction of sp³-hybridized carbons (Fsp3) is 1.00. The highest BCUT2D eigenvalue weighted by Crippen LogP contribution is 2.53. The largest absolute Gasteiger partial charge is 0.316 e. The van der Waals surface area contributed by atoms with Crippen LogP contribution in [0.25, 0.3) is 0 Å². The van der Waals surface area contributed by atoms with E-state index in [0.717, 1.165) is 29.6 Å². The Morgan fingerprint density at radius 1 is 1.00 bits per heavy atom. The molecule has 5 atom stereocenters. The number of nitrogens with one attached hydrogen (secondary N) is 1. The Balaban J connectivity index is 1.76. The smallest absolute Gasteiger partial charge is 0.00176 e. The molecule has 5 unspecified atom stereocenters. The average Bonchev–Trinajstić information content (AvgIpc) is 2.60. The Morgan fingerprint density at radius 2 is 1.92 bits per heavy atom. The second-order valence-electron chi connectivity index (χ2n) is 5.65. The number of fused-ring (bicyclic) bond motifs is 3. The first-order chi connectivity index (χ1) is 6.34. The molecule has 3 fully saturated rings. The maximum Gasteiger partial charge on any atom is -0.00176 e. The molecule has 1 N–H and O–H groups in total. The quantitative estimate of drug-likeness (QED) is 0.601. The van der Waals surface area contributed by atoms with Gasteiger partial charge in [0.1, 0.15) is 0 Å². The normalized spacial score (nSPS) is 54.7. The van der Waals surface area contributed by atoms with Gasteiger partial charge in [-0.2, -0.15) is 0 Å². The van der Waals surface area contributed by atoms with Crippen molar-refractivity contribution in [2.45, 2.75) is 32.6 Å². The highest BCUT2D eigenvalue weighted by molar-refractivity contribution is 4.98. The second kappa shape index (κ2) is 2.98. The Bertz CT molecular complexity index is 201. The van der Waals surface area contributed by atoms with Crippen molar-refractivity contribution >= 4 is 0 Å². The summed E-state index contributed by atoms with van der Waals surface area (Å²) in [5.74, 6) is 5.44. The first-order valence-corrected chi connectivity index (χ1v) is 6.05. The molecular weight excluding hydrogens is 158 g/mol. The Hall–Kier alpha value is -0.0400. The second-order valence-corrected chi connectivity index (χ2v) is 5.65. The summed E-state index contributed by atoms with van der Waals surface area (Å²) in [5.41, 5.74) is 0. The molecular formula is C12H21N. The van der Waals surface area contributed by atoms with Gasteiger partial charge in [0.15, 0.2) is 0 Å². The molecule has 0 bridgehead atoms. The molecule has 0 radical (unpaired) electrons. The van der Waals surface area contributed by atoms with Gasteiger partial charge in [-0.1, -0.05) is 6.92 Å². The molecule has 0 amide bonds. The number of hydrogen-bond acceptors (Lipinski definition) is 1. The SMILES string of the molecule is CC1CC2CC3CNCCC3C2C1. The van der Waals surface area contributed by atoms with E-state index in [-0.39, 0.29) is 0 Å². The van der Waals surface area contributed by atoms with Crippen LogP contribution in [-0.2, 0) is 0 Å². The van der Waals surface area contributed by atoms with Gasteiger partial charge in [0.2, 0.25) is 0 Å². The van der Waals surface area contributed by atoms with Gasteiger partial charge in [0.05, 0.1) is 0 Å². The van der Waals surface area contributed by atoms with Crippen molar-refractivity contribution in [3.8, 4) is 0 Å². The first-order valence-electron chi connectivity index (χ1n) is 6.05. The van der Waals surface area contributed by atoms with Crippen LogP contribution in [0.15, 0.2) is 0 Å². The third-order valence-electron chi connectivity index (χ3n) is 4.81. The third-order valence-corrected chi connectivity index (χ3v) is 4.81. The predicted molar refractivity (Wildman–Crippen MR) is 54.5 cm³/mol. The molecule has 1 heteroatoms. The number of piperidine rings is 1. The van der Waals surface area contributed by atoms with Crippen molar-refractivity contribution in [2.75, 3.05) is 13.1 Å². The van der Waals surface area contributed by atoms with Crippen LogP contribution >= 0.6 is 0 Å². The van der Waals surface area contributed by atoms with Gasteiger partial charge in [-0.05, 0) is 68.4 Å². The summed E-state index contributed by atoms with van der Waals surface area (Å²) in [6.45, 7) is 5.07. The van der Waals surface area contributed by atoms with E-state index in [2.05, 4.69) is 12.2 Å². The summed E-state index contributed by atoms with van der Waals surface area (Å²) in [5, 5.41) is 3.56. The van der Waals surface area contributed by atoms with Crippen LogP contribution in [0.2, 0.25) is 0 Å². The van der Waals surface area contributed by atoms with Crippen LogP contribution < -0.4 is 5.32 Å². The van der Waals surface area contributed by atoms with Gasteiger partial charge >= 0.3 is 0 Å². The van der Waals surface area contributed by atoms with Crippen LogP contribution in [0.5, 0.6) is 0 Å². The molecule has 1 saturated heterocycles. The summed E-state index contributed by atoms with van der Waals surface area (Å²) < 4.78 is 0. The van der Waals surface area contributed by atoms with Crippen LogP contribution in [0.3, 0.4) is 0 Å². The summed E-state index contributed by atoms with van der Waals surface area (Å²) in [4.78, 5) is 0. The van der Waals surface area contributed by atoms with E-state index >= 15 is 0 Å². The molecule has 0 spiro atoms. The summed E-state index contributed by atoms with van der Waals surface area (Å²) in [6.07, 6.45) is 6.11. The van der Waals surface area contributed by atoms with Gasteiger partial charge in [0, 0.05) is 0 Å². The highest BCUT2D eigenvalue weighted by atomic mass is 14.9. The van der Waals surface area contributed by atoms with Crippen molar-refractivity contribution in [1.82, 2.24) is 5.32 Å². The number of hydrogen-bond donors (Lipinski definition) is 1. The fourth-order valence-electron chi connectivity index (χ4n) is 4.39. The zero-order valence-electron chi connectivity index (χ0n) is 8.63. The molecule has 1 aliphatic heterocycles. The van der Waals surface area contributed by atoms with E-state index in [1.54, 1.807) is 12.8 Å². The molecule has 3 aliphatic rings. The van der Waals surface area contributed by atoms with Gasteiger partial charge in [-0.25, -0.2) is 0 Å². The topological polar surface area (TPSA) is 12.0 Å². The van der Waals surface area contributed by atoms with Crippen LogP contribution in [0, 0.1) is 29.6 Å². The van der Waals surface area contributed by atoms with Crippen molar-refractivity contribution in [3.63, 3.8) is 0 Å². The zero-order valence-corrected chi connectivity index (χ0v) is 8.63. The molecule has 1 nitrogen and oxygen atoms in total. The van der Waals surface area contributed by atoms with Crippen molar-refractivity contribution < 1.29 is 0 Å². The Kier molecular flexibility index (Phi) is 1.90. The van der Waals surface area contributed by atoms with Gasteiger partial charge in [-0.3, -0.25) is 0 Å². The zero-order chi connectivity index (χ0) is 8.84. The van der Waals surface area contributed by atoms with E-state index < -0.39 is 0 Å². The van der Waals surface area contributed by atoms with Gasteiger partial charge < -0.3 is 5.32 Å². The lowest BCUT2D eigenvalue weighted by Crippen LogP contribution is -2.35. The van der Waals surface area contributed by atoms with E-state index in [0.29, 0.717) is 0 Å². The standard InChI is InChI=1S/C12H21N/c1-8-4-9-6-10-7-13-3-2-11(10)12(9)5-8/h8-13H,2-7H2,1H3. The summed E-state index contributed by atoms with van der Waals surface area (Å²) >= 11 is 0. The molecule has 0 aromatic rings. The lowest BCUT2D eigenvalue weighted by molar-refractivity contribution is 0.232. The summed E-state index contributed by atoms with van der Waals surface area (Å²) in [6, 6.07) is 0. The Morgan fingerprint density at radius 3 is 2.85 bits per heavy atom. The van der Waals surface area contributed by atoms with E-state index in [9.17, 15) is 0 Å². The minimum Gasteiger partial charge on any atom is -0.316 e. The highest BCUT2D eigenvalue weighted by Gasteiger charge is 2.47. The van der Waals surface area contributed by atoms with E-state index in [1.807, 2.05) is 0 Å². The van der Waals surface area contributed by atoms with Gasteiger partial charge in [0.25, 0.3) is 0 Å². The van der Waals surface area contributed by atoms with Crippen molar-refractivity contribution in [2.24, 2.45) is 29.6 Å². The molecule has 2 aliphatic carbocycles. The molecule has 13 heavy (non-hydrogen) atoms. The maximum absolute atomic E-state index is 3.56. The Labute approximate surface area is 81.3 Å². The van der Waals surface area contributed by atoms with Crippen LogP contribution in [0.4, 0.5) is 0 Å². The third kappa shape index (κ3) is 1.24. The lowest BCUT2D eigenvalue weighted by Gasteiger charge is -2.29. The predicted octanol–water partition coefficient (Wildman–Crippen LogP) is 2.28. The fourth-order valence-corrected chi connectivity index (χ4v) is 4.39. The van der Waals surface area contributed by atoms with Crippen LogP contribution in [0.1, 0.15) is 32.6 Å². The molecule has 74 valence electrons. The van der Waals surface area contributed by atoms with E-state index in [4.69, 9.17) is 0 Å². The van der Waals surface area contributed by atoms with Crippen LogP contribution in [-0.4, -0.2) is 13.1 Å². The molecule has 1 heterocycles. The minimum atomic E-state index is 1.03. The number of rotatable bonds is 0. The molecule has 0 aromatic carbocycles. The van der Waals surface area contributed by atoms with E-state index in [1.165, 1.54) is 25.9 Å². The average molecular weight is 179 g/mol. The monoisotopic (exact) mass is 179 g/mol. The minimum absolute atomic E-state index is 1.03. The molecule has 2 saturated carbocycles. The molecule has 3 rings (SSSR count). The van der Waals surface area contributed by atoms with Crippen molar-refractivity contribution in [1.29, 1.82) is 0 Å². The lowest BCUT2D eigenvalue weighted by atomic mass is 9.82. The summed E-state index contributed by atoms with van der Waals surface area (Å²) in [7, 11) is 0. The maximum atomic E-state index is 3.56. The first kappa shape index (κ1) is 8.28. The molecule has 0 aromatic heterocycles. The van der Waals surface area contributed by atoms with Crippen molar-refractivity contribution in [3.05, 3.63) is 0 Å².